The van der Waals surface area contributed by atoms with Crippen molar-refractivity contribution < 1.29 is 4.79 Å². The van der Waals surface area contributed by atoms with Crippen molar-refractivity contribution in [3.63, 3.8) is 0 Å². The van der Waals surface area contributed by atoms with Crippen LogP contribution in [-0.4, -0.2) is 16.7 Å². The van der Waals surface area contributed by atoms with Gasteiger partial charge in [-0.25, -0.2) is 0 Å². The third kappa shape index (κ3) is 3.20. The molecule has 0 spiro atoms. The fourth-order valence-corrected chi connectivity index (χ4v) is 3.03. The standard InChI is InChI=1S/C23H18N2O/c26-23(19-11-5-2-6-12-19)25-17-20(21-13-7-8-14-22(21)25)16-24-15-18-9-3-1-4-10-18/h1-14,16-17H,15H2. The first kappa shape index (κ1) is 16.0. The van der Waals surface area contributed by atoms with Gasteiger partial charge in [0.05, 0.1) is 12.1 Å². The van der Waals surface area contributed by atoms with Gasteiger partial charge in [0, 0.05) is 28.9 Å². The molecule has 1 heterocycles. The van der Waals surface area contributed by atoms with E-state index in [2.05, 4.69) is 17.1 Å². The summed E-state index contributed by atoms with van der Waals surface area (Å²) in [4.78, 5) is 17.4. The number of nitrogens with zero attached hydrogens (tertiary/aromatic N) is 2. The average Bonchev–Trinajstić information content (AvgIpc) is 3.08. The molecule has 0 fully saturated rings. The van der Waals surface area contributed by atoms with Crippen LogP contribution in [0.25, 0.3) is 10.9 Å². The second-order valence-electron chi connectivity index (χ2n) is 6.10. The second-order valence-corrected chi connectivity index (χ2v) is 6.10. The molecule has 3 heteroatoms. The van der Waals surface area contributed by atoms with Crippen LogP contribution in [-0.2, 0) is 6.54 Å². The molecule has 26 heavy (non-hydrogen) atoms. The Morgan fingerprint density at radius 3 is 2.27 bits per heavy atom. The van der Waals surface area contributed by atoms with Crippen molar-refractivity contribution in [2.75, 3.05) is 0 Å². The molecule has 0 atom stereocenters. The Labute approximate surface area is 152 Å². The van der Waals surface area contributed by atoms with E-state index >= 15 is 0 Å². The number of hydrogen-bond acceptors (Lipinski definition) is 2. The van der Waals surface area contributed by atoms with E-state index in [1.807, 2.05) is 85.2 Å². The van der Waals surface area contributed by atoms with Crippen molar-refractivity contribution in [1.29, 1.82) is 0 Å². The predicted octanol–water partition coefficient (Wildman–Crippen LogP) is 4.95. The third-order valence-electron chi connectivity index (χ3n) is 4.33. The van der Waals surface area contributed by atoms with E-state index in [0.29, 0.717) is 12.1 Å². The molecule has 0 unspecified atom stereocenters. The molecule has 0 bridgehead atoms. The first-order valence-electron chi connectivity index (χ1n) is 8.56. The van der Waals surface area contributed by atoms with E-state index in [1.165, 1.54) is 0 Å². The van der Waals surface area contributed by atoms with Gasteiger partial charge in [-0.1, -0.05) is 66.7 Å². The number of para-hydroxylation sites is 1. The van der Waals surface area contributed by atoms with Gasteiger partial charge in [0.2, 0.25) is 0 Å². The summed E-state index contributed by atoms with van der Waals surface area (Å²) in [6.07, 6.45) is 3.72. The molecule has 0 aliphatic rings. The number of hydrogen-bond donors (Lipinski definition) is 0. The maximum Gasteiger partial charge on any atom is 0.262 e. The first-order chi connectivity index (χ1) is 12.8. The molecule has 0 amide bonds. The summed E-state index contributed by atoms with van der Waals surface area (Å²) in [5, 5.41) is 1.02. The van der Waals surface area contributed by atoms with E-state index in [-0.39, 0.29) is 5.91 Å². The monoisotopic (exact) mass is 338 g/mol. The number of aliphatic imine (C=N–C) groups is 1. The molecule has 3 nitrogen and oxygen atoms in total. The van der Waals surface area contributed by atoms with Crippen LogP contribution in [0, 0.1) is 0 Å². The molecular weight excluding hydrogens is 320 g/mol. The van der Waals surface area contributed by atoms with Crippen LogP contribution in [0.3, 0.4) is 0 Å². The Kier molecular flexibility index (Phi) is 4.44. The van der Waals surface area contributed by atoms with E-state index in [9.17, 15) is 4.79 Å². The van der Waals surface area contributed by atoms with Gasteiger partial charge in [-0.3, -0.25) is 14.4 Å². The van der Waals surface area contributed by atoms with Crippen molar-refractivity contribution >= 4 is 23.0 Å². The molecule has 4 aromatic rings. The minimum atomic E-state index is -0.0375. The molecule has 1 aromatic heterocycles. The highest BCUT2D eigenvalue weighted by Crippen LogP contribution is 2.21. The van der Waals surface area contributed by atoms with Crippen LogP contribution >= 0.6 is 0 Å². The predicted molar refractivity (Wildman–Crippen MR) is 106 cm³/mol. The molecule has 0 saturated heterocycles. The second kappa shape index (κ2) is 7.19. The van der Waals surface area contributed by atoms with Crippen molar-refractivity contribution in [2.24, 2.45) is 4.99 Å². The summed E-state index contributed by atoms with van der Waals surface area (Å²) in [5.74, 6) is -0.0375. The molecular formula is C23H18N2O. The number of rotatable bonds is 4. The Morgan fingerprint density at radius 2 is 1.50 bits per heavy atom. The first-order valence-corrected chi connectivity index (χ1v) is 8.56. The molecule has 126 valence electrons. The van der Waals surface area contributed by atoms with E-state index in [4.69, 9.17) is 0 Å². The minimum absolute atomic E-state index is 0.0375. The summed E-state index contributed by atoms with van der Waals surface area (Å²) >= 11 is 0. The topological polar surface area (TPSA) is 34.4 Å². The smallest absolute Gasteiger partial charge is 0.262 e. The summed E-state index contributed by atoms with van der Waals surface area (Å²) in [6, 6.07) is 27.4. The normalized spacial score (nSPS) is 11.2. The highest BCUT2D eigenvalue weighted by Gasteiger charge is 2.13. The lowest BCUT2D eigenvalue weighted by Crippen LogP contribution is -2.10. The van der Waals surface area contributed by atoms with E-state index in [1.54, 1.807) is 4.57 Å². The highest BCUT2D eigenvalue weighted by atomic mass is 16.2. The van der Waals surface area contributed by atoms with Gasteiger partial charge in [-0.05, 0) is 23.8 Å². The molecule has 3 aromatic carbocycles. The Hall–Kier alpha value is -3.46. The van der Waals surface area contributed by atoms with Gasteiger partial charge in [0.15, 0.2) is 0 Å². The van der Waals surface area contributed by atoms with Gasteiger partial charge < -0.3 is 0 Å². The Bertz CT molecular complexity index is 1060. The maximum absolute atomic E-state index is 12.9. The Morgan fingerprint density at radius 1 is 0.846 bits per heavy atom. The van der Waals surface area contributed by atoms with Crippen LogP contribution in [0.1, 0.15) is 21.5 Å². The lowest BCUT2D eigenvalue weighted by atomic mass is 10.2. The van der Waals surface area contributed by atoms with Crippen molar-refractivity contribution in [2.45, 2.75) is 6.54 Å². The number of fused-ring (bicyclic) bond motifs is 1. The molecule has 0 N–H and O–H groups in total. The average molecular weight is 338 g/mol. The number of carbonyl (C=O) groups excluding carboxylic acids is 1. The van der Waals surface area contributed by atoms with Gasteiger partial charge in [-0.2, -0.15) is 0 Å². The number of aromatic nitrogens is 1. The third-order valence-corrected chi connectivity index (χ3v) is 4.33. The largest absolute Gasteiger partial charge is 0.288 e. The van der Waals surface area contributed by atoms with E-state index in [0.717, 1.165) is 22.0 Å². The van der Waals surface area contributed by atoms with Crippen molar-refractivity contribution in [3.8, 4) is 0 Å². The zero-order valence-electron chi connectivity index (χ0n) is 14.2. The molecule has 0 saturated carbocycles. The van der Waals surface area contributed by atoms with Crippen LogP contribution < -0.4 is 0 Å². The molecule has 0 aliphatic carbocycles. The summed E-state index contributed by atoms with van der Waals surface area (Å²) < 4.78 is 1.70. The minimum Gasteiger partial charge on any atom is -0.288 e. The SMILES string of the molecule is O=C(c1ccccc1)n1cc(C=NCc2ccccc2)c2ccccc21. The number of carbonyl (C=O) groups is 1. The van der Waals surface area contributed by atoms with Crippen LogP contribution in [0.2, 0.25) is 0 Å². The maximum atomic E-state index is 12.9. The molecule has 0 aliphatic heterocycles. The van der Waals surface area contributed by atoms with Crippen LogP contribution in [0.5, 0.6) is 0 Å². The van der Waals surface area contributed by atoms with Gasteiger partial charge in [0.1, 0.15) is 0 Å². The zero-order valence-corrected chi connectivity index (χ0v) is 14.2. The summed E-state index contributed by atoms with van der Waals surface area (Å²) in [5.41, 5.74) is 3.66. The van der Waals surface area contributed by atoms with E-state index < -0.39 is 0 Å². The van der Waals surface area contributed by atoms with Crippen LogP contribution in [0.4, 0.5) is 0 Å². The summed E-state index contributed by atoms with van der Waals surface area (Å²) in [7, 11) is 0. The van der Waals surface area contributed by atoms with Crippen LogP contribution in [0.15, 0.2) is 96.1 Å². The lowest BCUT2D eigenvalue weighted by molar-refractivity contribution is 0.0965. The lowest BCUT2D eigenvalue weighted by Gasteiger charge is -2.03. The van der Waals surface area contributed by atoms with Crippen molar-refractivity contribution in [1.82, 2.24) is 4.57 Å². The van der Waals surface area contributed by atoms with Crippen molar-refractivity contribution in [3.05, 3.63) is 108 Å². The zero-order chi connectivity index (χ0) is 17.8. The molecule has 0 radical (unpaired) electrons. The van der Waals surface area contributed by atoms with Gasteiger partial charge in [-0.15, -0.1) is 0 Å². The fourth-order valence-electron chi connectivity index (χ4n) is 3.03. The number of benzene rings is 3. The van der Waals surface area contributed by atoms with Gasteiger partial charge in [0.25, 0.3) is 5.91 Å². The quantitative estimate of drug-likeness (QED) is 0.485. The van der Waals surface area contributed by atoms with Gasteiger partial charge >= 0.3 is 0 Å². The Balaban J connectivity index is 1.69. The highest BCUT2D eigenvalue weighted by molar-refractivity contribution is 6.07. The summed E-state index contributed by atoms with van der Waals surface area (Å²) in [6.45, 7) is 0.618. The fraction of sp³-hybridized carbons (Fsp3) is 0.0435. The molecule has 4 rings (SSSR count).